The Labute approximate surface area is 122 Å². The molecule has 2 aromatic carbocycles. The first-order valence-electron chi connectivity index (χ1n) is 6.24. The Morgan fingerprint density at radius 2 is 1.62 bits per heavy atom. The summed E-state index contributed by atoms with van der Waals surface area (Å²) in [5.74, 6) is -1.35. The van der Waals surface area contributed by atoms with Crippen LogP contribution in [0.4, 0.5) is 8.78 Å². The molecule has 0 radical (unpaired) electrons. The summed E-state index contributed by atoms with van der Waals surface area (Å²) in [5, 5.41) is 2.94. The quantitative estimate of drug-likeness (QED) is 0.944. The first-order valence-corrected chi connectivity index (χ1v) is 8.13. The molecule has 2 rings (SSSR count). The summed E-state index contributed by atoms with van der Waals surface area (Å²) < 4.78 is 49.9. The second-order valence-corrected chi connectivity index (χ2v) is 6.78. The van der Waals surface area contributed by atoms with Crippen molar-refractivity contribution in [1.29, 1.82) is 0 Å². The second-order valence-electron chi connectivity index (χ2n) is 4.77. The topological polar surface area (TPSA) is 46.2 Å². The highest BCUT2D eigenvalue weighted by Gasteiger charge is 2.16. The standard InChI is InChI=1S/C15H15F2NO2S/c1-18-15(11-6-12(16)9-13(17)7-11)10-4-3-5-14(8-10)21(2,19)20/h3-9,15,18H,1-2H3. The summed E-state index contributed by atoms with van der Waals surface area (Å²) in [7, 11) is -1.70. The maximum Gasteiger partial charge on any atom is 0.175 e. The zero-order chi connectivity index (χ0) is 15.6. The van der Waals surface area contributed by atoms with Crippen molar-refractivity contribution in [2.24, 2.45) is 0 Å². The summed E-state index contributed by atoms with van der Waals surface area (Å²) in [6, 6.07) is 9.02. The van der Waals surface area contributed by atoms with E-state index in [1.54, 1.807) is 19.2 Å². The van der Waals surface area contributed by atoms with E-state index in [0.717, 1.165) is 12.3 Å². The zero-order valence-corrected chi connectivity index (χ0v) is 12.4. The van der Waals surface area contributed by atoms with Crippen LogP contribution in [0.2, 0.25) is 0 Å². The van der Waals surface area contributed by atoms with E-state index >= 15 is 0 Å². The maximum atomic E-state index is 13.3. The van der Waals surface area contributed by atoms with E-state index in [1.165, 1.54) is 24.3 Å². The van der Waals surface area contributed by atoms with E-state index in [-0.39, 0.29) is 4.90 Å². The van der Waals surface area contributed by atoms with Gasteiger partial charge in [0.05, 0.1) is 10.9 Å². The molecule has 21 heavy (non-hydrogen) atoms. The second kappa shape index (κ2) is 5.91. The number of sulfone groups is 1. The van der Waals surface area contributed by atoms with Crippen LogP contribution in [0.5, 0.6) is 0 Å². The van der Waals surface area contributed by atoms with Gasteiger partial charge >= 0.3 is 0 Å². The molecule has 0 aliphatic heterocycles. The van der Waals surface area contributed by atoms with Crippen LogP contribution in [-0.4, -0.2) is 21.7 Å². The lowest BCUT2D eigenvalue weighted by atomic mass is 9.99. The molecule has 2 aromatic rings. The molecule has 0 aliphatic rings. The van der Waals surface area contributed by atoms with Crippen LogP contribution >= 0.6 is 0 Å². The lowest BCUT2D eigenvalue weighted by Crippen LogP contribution is -2.18. The molecular formula is C15H15F2NO2S. The summed E-state index contributed by atoms with van der Waals surface area (Å²) in [4.78, 5) is 0.164. The fourth-order valence-electron chi connectivity index (χ4n) is 2.19. The fraction of sp³-hybridized carbons (Fsp3) is 0.200. The van der Waals surface area contributed by atoms with Gasteiger partial charge in [0.15, 0.2) is 9.84 Å². The van der Waals surface area contributed by atoms with Gasteiger partial charge in [-0.25, -0.2) is 17.2 Å². The van der Waals surface area contributed by atoms with E-state index in [9.17, 15) is 17.2 Å². The van der Waals surface area contributed by atoms with E-state index < -0.39 is 27.5 Å². The van der Waals surface area contributed by atoms with Crippen molar-refractivity contribution in [2.45, 2.75) is 10.9 Å². The van der Waals surface area contributed by atoms with Crippen LogP contribution in [0.15, 0.2) is 47.4 Å². The molecular weight excluding hydrogens is 296 g/mol. The predicted molar refractivity (Wildman–Crippen MR) is 76.8 cm³/mol. The van der Waals surface area contributed by atoms with Crippen LogP contribution in [0, 0.1) is 11.6 Å². The molecule has 1 atom stereocenters. The maximum absolute atomic E-state index is 13.3. The molecule has 0 spiro atoms. The molecule has 112 valence electrons. The van der Waals surface area contributed by atoms with Gasteiger partial charge in [-0.1, -0.05) is 12.1 Å². The number of benzene rings is 2. The average Bonchev–Trinajstić information content (AvgIpc) is 2.38. The predicted octanol–water partition coefficient (Wildman–Crippen LogP) is 2.68. The highest BCUT2D eigenvalue weighted by Crippen LogP contribution is 2.25. The van der Waals surface area contributed by atoms with Gasteiger partial charge in [-0.05, 0) is 42.4 Å². The smallest absolute Gasteiger partial charge is 0.175 e. The van der Waals surface area contributed by atoms with Crippen LogP contribution in [0.3, 0.4) is 0 Å². The molecule has 0 heterocycles. The van der Waals surface area contributed by atoms with Crippen LogP contribution in [-0.2, 0) is 9.84 Å². The fourth-order valence-corrected chi connectivity index (χ4v) is 2.87. The first-order chi connectivity index (χ1) is 9.81. The van der Waals surface area contributed by atoms with Gasteiger partial charge in [0.2, 0.25) is 0 Å². The Balaban J connectivity index is 2.51. The monoisotopic (exact) mass is 311 g/mol. The van der Waals surface area contributed by atoms with Crippen molar-refractivity contribution >= 4 is 9.84 Å². The molecule has 0 saturated carbocycles. The normalized spacial score (nSPS) is 13.1. The Bertz CT molecular complexity index is 740. The number of hydrogen-bond acceptors (Lipinski definition) is 3. The summed E-state index contributed by atoms with van der Waals surface area (Å²) >= 11 is 0. The van der Waals surface area contributed by atoms with E-state index in [2.05, 4.69) is 5.32 Å². The molecule has 0 amide bonds. The van der Waals surface area contributed by atoms with Crippen LogP contribution in [0.25, 0.3) is 0 Å². The van der Waals surface area contributed by atoms with Crippen LogP contribution in [0.1, 0.15) is 17.2 Å². The van der Waals surface area contributed by atoms with E-state index in [0.29, 0.717) is 11.1 Å². The van der Waals surface area contributed by atoms with Gasteiger partial charge < -0.3 is 5.32 Å². The SMILES string of the molecule is CNC(c1cc(F)cc(F)c1)c1cccc(S(C)(=O)=O)c1. The van der Waals surface area contributed by atoms with Crippen molar-refractivity contribution in [3.63, 3.8) is 0 Å². The molecule has 0 fully saturated rings. The Kier molecular flexibility index (Phi) is 4.39. The van der Waals surface area contributed by atoms with Gasteiger partial charge in [0.1, 0.15) is 11.6 Å². The molecule has 0 bridgehead atoms. The third-order valence-corrected chi connectivity index (χ3v) is 4.24. The van der Waals surface area contributed by atoms with E-state index in [1.807, 2.05) is 0 Å². The summed E-state index contributed by atoms with van der Waals surface area (Å²) in [5.41, 5.74) is 1.01. The summed E-state index contributed by atoms with van der Waals surface area (Å²) in [6.07, 6.45) is 1.11. The first kappa shape index (κ1) is 15.6. The molecule has 0 saturated heterocycles. The molecule has 1 unspecified atom stereocenters. The van der Waals surface area contributed by atoms with Crippen molar-refractivity contribution in [2.75, 3.05) is 13.3 Å². The minimum atomic E-state index is -3.34. The third kappa shape index (κ3) is 3.65. The highest BCUT2D eigenvalue weighted by molar-refractivity contribution is 7.90. The van der Waals surface area contributed by atoms with Gasteiger partial charge in [0, 0.05) is 12.3 Å². The number of hydrogen-bond donors (Lipinski definition) is 1. The van der Waals surface area contributed by atoms with Gasteiger partial charge in [-0.3, -0.25) is 0 Å². The van der Waals surface area contributed by atoms with E-state index in [4.69, 9.17) is 0 Å². The van der Waals surface area contributed by atoms with Crippen molar-refractivity contribution in [3.8, 4) is 0 Å². The summed E-state index contributed by atoms with van der Waals surface area (Å²) in [6.45, 7) is 0. The molecule has 0 aromatic heterocycles. The molecule has 1 N–H and O–H groups in total. The van der Waals surface area contributed by atoms with Gasteiger partial charge in [-0.2, -0.15) is 0 Å². The number of halogens is 2. The van der Waals surface area contributed by atoms with Crippen molar-refractivity contribution < 1.29 is 17.2 Å². The van der Waals surface area contributed by atoms with Gasteiger partial charge in [-0.15, -0.1) is 0 Å². The zero-order valence-electron chi connectivity index (χ0n) is 11.6. The molecule has 0 aliphatic carbocycles. The minimum absolute atomic E-state index is 0.164. The highest BCUT2D eigenvalue weighted by atomic mass is 32.2. The largest absolute Gasteiger partial charge is 0.309 e. The average molecular weight is 311 g/mol. The molecule has 6 heteroatoms. The molecule has 3 nitrogen and oxygen atoms in total. The number of rotatable bonds is 4. The Morgan fingerprint density at radius 1 is 1.00 bits per heavy atom. The minimum Gasteiger partial charge on any atom is -0.309 e. The van der Waals surface area contributed by atoms with Gasteiger partial charge in [0.25, 0.3) is 0 Å². The van der Waals surface area contributed by atoms with Crippen molar-refractivity contribution in [1.82, 2.24) is 5.32 Å². The lowest BCUT2D eigenvalue weighted by Gasteiger charge is -2.18. The Hall–Kier alpha value is -1.79. The third-order valence-electron chi connectivity index (χ3n) is 3.13. The van der Waals surface area contributed by atoms with Crippen LogP contribution < -0.4 is 5.32 Å². The van der Waals surface area contributed by atoms with Crippen molar-refractivity contribution in [3.05, 3.63) is 65.2 Å². The lowest BCUT2D eigenvalue weighted by molar-refractivity contribution is 0.571. The number of nitrogens with one attached hydrogen (secondary N) is 1. The Morgan fingerprint density at radius 3 is 2.14 bits per heavy atom.